The van der Waals surface area contributed by atoms with Crippen molar-refractivity contribution in [2.24, 2.45) is 0 Å². The first-order valence-corrected chi connectivity index (χ1v) is 6.94. The van der Waals surface area contributed by atoms with Gasteiger partial charge >= 0.3 is 0 Å². The lowest BCUT2D eigenvalue weighted by atomic mass is 10.2. The average molecular weight is 251 g/mol. The van der Waals surface area contributed by atoms with Gasteiger partial charge in [-0.2, -0.15) is 0 Å². The maximum absolute atomic E-state index is 13.7. The molecule has 0 atom stereocenters. The van der Waals surface area contributed by atoms with Gasteiger partial charge in [-0.1, -0.05) is 25.8 Å². The van der Waals surface area contributed by atoms with Gasteiger partial charge in [-0.3, -0.25) is 0 Å². The summed E-state index contributed by atoms with van der Waals surface area (Å²) in [6, 6.07) is 5.90. The maximum Gasteiger partial charge on any atom is 0.165 e. The van der Waals surface area contributed by atoms with Crippen LogP contribution >= 0.6 is 0 Å². The van der Waals surface area contributed by atoms with Gasteiger partial charge in [0.05, 0.1) is 6.61 Å². The van der Waals surface area contributed by atoms with Crippen LogP contribution in [0.5, 0.6) is 5.75 Å². The zero-order valence-electron chi connectivity index (χ0n) is 11.0. The molecule has 0 radical (unpaired) electrons. The van der Waals surface area contributed by atoms with Gasteiger partial charge in [0.15, 0.2) is 11.6 Å². The molecule has 3 heteroatoms. The molecule has 100 valence electrons. The van der Waals surface area contributed by atoms with Crippen molar-refractivity contribution in [3.05, 3.63) is 29.6 Å². The lowest BCUT2D eigenvalue weighted by Gasteiger charge is -2.09. The summed E-state index contributed by atoms with van der Waals surface area (Å²) in [5.74, 6) is 0.128. The van der Waals surface area contributed by atoms with Gasteiger partial charge < -0.3 is 10.1 Å². The Hall–Kier alpha value is -1.09. The Balaban J connectivity index is 1.79. The van der Waals surface area contributed by atoms with E-state index < -0.39 is 0 Å². The van der Waals surface area contributed by atoms with E-state index in [-0.39, 0.29) is 5.82 Å². The van der Waals surface area contributed by atoms with Gasteiger partial charge in [-0.05, 0) is 37.0 Å². The molecule has 0 amide bonds. The Labute approximate surface area is 109 Å². The Morgan fingerprint density at radius 1 is 1.33 bits per heavy atom. The van der Waals surface area contributed by atoms with Crippen LogP contribution in [0.2, 0.25) is 0 Å². The van der Waals surface area contributed by atoms with Crippen molar-refractivity contribution in [2.75, 3.05) is 6.61 Å². The van der Waals surface area contributed by atoms with E-state index in [1.807, 2.05) is 6.07 Å². The summed E-state index contributed by atoms with van der Waals surface area (Å²) in [5.41, 5.74) is 0.986. The van der Waals surface area contributed by atoms with E-state index in [0.717, 1.165) is 31.4 Å². The average Bonchev–Trinajstić information content (AvgIpc) is 3.18. The van der Waals surface area contributed by atoms with Crippen LogP contribution < -0.4 is 10.1 Å². The number of unbranched alkanes of at least 4 members (excludes halogenated alkanes) is 2. The van der Waals surface area contributed by atoms with Crippen LogP contribution in [0.1, 0.15) is 44.6 Å². The molecule has 1 aliphatic carbocycles. The first-order chi connectivity index (χ1) is 8.79. The van der Waals surface area contributed by atoms with Gasteiger partial charge in [-0.25, -0.2) is 4.39 Å². The quantitative estimate of drug-likeness (QED) is 0.712. The van der Waals surface area contributed by atoms with Gasteiger partial charge in [0.1, 0.15) is 0 Å². The maximum atomic E-state index is 13.7. The van der Waals surface area contributed by atoms with E-state index in [4.69, 9.17) is 4.74 Å². The zero-order valence-corrected chi connectivity index (χ0v) is 11.0. The van der Waals surface area contributed by atoms with Gasteiger partial charge in [-0.15, -0.1) is 0 Å². The summed E-state index contributed by atoms with van der Waals surface area (Å²) in [4.78, 5) is 0. The normalized spacial score (nSPS) is 14.8. The largest absolute Gasteiger partial charge is 0.491 e. The highest BCUT2D eigenvalue weighted by molar-refractivity contribution is 5.29. The molecular weight excluding hydrogens is 229 g/mol. The van der Waals surface area contributed by atoms with Gasteiger partial charge in [0.2, 0.25) is 0 Å². The standard InChI is InChI=1S/C15H22FNO/c1-2-3-4-9-18-15-8-5-12(10-14(15)16)11-17-13-6-7-13/h5,8,10,13,17H,2-4,6-7,9,11H2,1H3. The molecule has 1 fully saturated rings. The van der Waals surface area contributed by atoms with Crippen molar-refractivity contribution in [3.8, 4) is 5.75 Å². The van der Waals surface area contributed by atoms with E-state index in [9.17, 15) is 4.39 Å². The molecule has 1 aromatic carbocycles. The lowest BCUT2D eigenvalue weighted by Crippen LogP contribution is -2.15. The molecule has 0 bridgehead atoms. The smallest absolute Gasteiger partial charge is 0.165 e. The summed E-state index contributed by atoms with van der Waals surface area (Å²) in [5, 5.41) is 3.37. The van der Waals surface area contributed by atoms with E-state index in [1.54, 1.807) is 12.1 Å². The summed E-state index contributed by atoms with van der Waals surface area (Å²) in [6.45, 7) is 3.49. The number of nitrogens with one attached hydrogen (secondary N) is 1. The van der Waals surface area contributed by atoms with Crippen molar-refractivity contribution in [1.29, 1.82) is 0 Å². The first-order valence-electron chi connectivity index (χ1n) is 6.94. The van der Waals surface area contributed by atoms with E-state index in [0.29, 0.717) is 18.4 Å². The zero-order chi connectivity index (χ0) is 12.8. The topological polar surface area (TPSA) is 21.3 Å². The monoisotopic (exact) mass is 251 g/mol. The number of ether oxygens (including phenoxy) is 1. The lowest BCUT2D eigenvalue weighted by molar-refractivity contribution is 0.291. The van der Waals surface area contributed by atoms with Crippen molar-refractivity contribution in [3.63, 3.8) is 0 Å². The van der Waals surface area contributed by atoms with Gasteiger partial charge in [0.25, 0.3) is 0 Å². The van der Waals surface area contributed by atoms with E-state index >= 15 is 0 Å². The number of halogens is 1. The van der Waals surface area contributed by atoms with Crippen molar-refractivity contribution in [1.82, 2.24) is 5.32 Å². The summed E-state index contributed by atoms with van der Waals surface area (Å²) in [7, 11) is 0. The predicted octanol–water partition coefficient (Wildman–Crippen LogP) is 3.65. The molecule has 0 spiro atoms. The summed E-state index contributed by atoms with van der Waals surface area (Å²) in [6.07, 6.45) is 5.77. The number of hydrogen-bond acceptors (Lipinski definition) is 2. The molecule has 0 unspecified atom stereocenters. The van der Waals surface area contributed by atoms with Gasteiger partial charge in [0, 0.05) is 12.6 Å². The third-order valence-corrected chi connectivity index (χ3v) is 3.17. The highest BCUT2D eigenvalue weighted by atomic mass is 19.1. The van der Waals surface area contributed by atoms with Crippen molar-refractivity contribution < 1.29 is 9.13 Å². The minimum absolute atomic E-state index is 0.249. The van der Waals surface area contributed by atoms with Crippen LogP contribution in [-0.2, 0) is 6.54 Å². The molecule has 1 saturated carbocycles. The first kappa shape index (κ1) is 13.3. The second kappa shape index (κ2) is 6.74. The van der Waals surface area contributed by atoms with Crippen LogP contribution in [0.4, 0.5) is 4.39 Å². The molecule has 0 saturated heterocycles. The molecule has 2 nitrogen and oxygen atoms in total. The summed E-state index contributed by atoms with van der Waals surface area (Å²) < 4.78 is 19.2. The third-order valence-electron chi connectivity index (χ3n) is 3.17. The number of hydrogen-bond donors (Lipinski definition) is 1. The van der Waals surface area contributed by atoms with Crippen LogP contribution in [-0.4, -0.2) is 12.6 Å². The number of rotatable bonds is 8. The van der Waals surface area contributed by atoms with E-state index in [1.165, 1.54) is 12.8 Å². The molecule has 0 aliphatic heterocycles. The molecule has 1 aromatic rings. The highest BCUT2D eigenvalue weighted by Gasteiger charge is 2.20. The Bertz CT molecular complexity index is 377. The molecule has 1 aliphatic rings. The molecule has 0 heterocycles. The van der Waals surface area contributed by atoms with Crippen LogP contribution in [0.3, 0.4) is 0 Å². The third kappa shape index (κ3) is 4.30. The second-order valence-corrected chi connectivity index (χ2v) is 4.98. The fraction of sp³-hybridized carbons (Fsp3) is 0.600. The number of benzene rings is 1. The fourth-order valence-corrected chi connectivity index (χ4v) is 1.86. The molecule has 1 N–H and O–H groups in total. The second-order valence-electron chi connectivity index (χ2n) is 4.98. The SMILES string of the molecule is CCCCCOc1ccc(CNC2CC2)cc1F. The van der Waals surface area contributed by atoms with Crippen LogP contribution in [0, 0.1) is 5.82 Å². The van der Waals surface area contributed by atoms with Crippen molar-refractivity contribution >= 4 is 0 Å². The minimum atomic E-state index is -0.249. The fourth-order valence-electron chi connectivity index (χ4n) is 1.86. The van der Waals surface area contributed by atoms with E-state index in [2.05, 4.69) is 12.2 Å². The molecule has 0 aromatic heterocycles. The Morgan fingerprint density at radius 2 is 2.17 bits per heavy atom. The molecule has 18 heavy (non-hydrogen) atoms. The predicted molar refractivity (Wildman–Crippen MR) is 71.3 cm³/mol. The Morgan fingerprint density at radius 3 is 2.83 bits per heavy atom. The Kier molecular flexibility index (Phi) is 5.00. The summed E-state index contributed by atoms with van der Waals surface area (Å²) >= 11 is 0. The highest BCUT2D eigenvalue weighted by Crippen LogP contribution is 2.21. The van der Waals surface area contributed by atoms with Crippen molar-refractivity contribution in [2.45, 2.75) is 51.6 Å². The molecule has 2 rings (SSSR count). The van der Waals surface area contributed by atoms with Crippen LogP contribution in [0.25, 0.3) is 0 Å². The van der Waals surface area contributed by atoms with Crippen LogP contribution in [0.15, 0.2) is 18.2 Å². The molecular formula is C15H22FNO. The minimum Gasteiger partial charge on any atom is -0.491 e.